The molecule has 0 aromatic carbocycles. The minimum atomic E-state index is -0.372. The lowest BCUT2D eigenvalue weighted by Crippen LogP contribution is -2.59. The van der Waals surface area contributed by atoms with Crippen molar-refractivity contribution in [1.82, 2.24) is 9.88 Å². The van der Waals surface area contributed by atoms with Crippen LogP contribution in [0.2, 0.25) is 0 Å². The zero-order valence-electron chi connectivity index (χ0n) is 16.9. The molecular weight excluding hydrogens is 382 g/mol. The summed E-state index contributed by atoms with van der Waals surface area (Å²) in [5.41, 5.74) is 5.87. The Morgan fingerprint density at radius 3 is 2.77 bits per heavy atom. The van der Waals surface area contributed by atoms with Gasteiger partial charge in [-0.15, -0.1) is 0 Å². The van der Waals surface area contributed by atoms with Crippen LogP contribution >= 0.6 is 0 Å². The molecule has 4 saturated carbocycles. The lowest BCUT2D eigenvalue weighted by Gasteiger charge is -2.58. The van der Waals surface area contributed by atoms with E-state index in [1.807, 2.05) is 0 Å². The molecule has 4 bridgehead atoms. The molecule has 4 aliphatic carbocycles. The molecule has 0 spiro atoms. The fraction of sp³-hybridized carbons (Fsp3) is 0.636. The van der Waals surface area contributed by atoms with Crippen molar-refractivity contribution in [3.05, 3.63) is 23.9 Å². The van der Waals surface area contributed by atoms with Gasteiger partial charge in [-0.2, -0.15) is 5.26 Å². The molecule has 6 atom stereocenters. The number of rotatable bonds is 4. The first-order chi connectivity index (χ1) is 14.5. The van der Waals surface area contributed by atoms with Gasteiger partial charge in [-0.1, -0.05) is 0 Å². The van der Waals surface area contributed by atoms with Crippen molar-refractivity contribution in [2.45, 2.75) is 50.7 Å². The summed E-state index contributed by atoms with van der Waals surface area (Å²) in [6.07, 6.45) is 6.54. The second-order valence-electron chi connectivity index (χ2n) is 9.55. The Labute approximate surface area is 175 Å². The van der Waals surface area contributed by atoms with Crippen molar-refractivity contribution in [2.75, 3.05) is 18.4 Å². The molecule has 5 fully saturated rings. The molecule has 1 aromatic rings. The third kappa shape index (κ3) is 3.17. The van der Waals surface area contributed by atoms with Crippen LogP contribution in [0, 0.1) is 34.5 Å². The summed E-state index contributed by atoms with van der Waals surface area (Å²) < 4.78 is 6.02. The third-order valence-electron chi connectivity index (χ3n) is 7.66. The molecule has 1 saturated heterocycles. The zero-order chi connectivity index (χ0) is 20.9. The number of nitriles is 1. The Kier molecular flexibility index (Phi) is 4.57. The maximum Gasteiger partial charge on any atom is 0.410 e. The van der Waals surface area contributed by atoms with E-state index in [9.17, 15) is 14.9 Å². The lowest BCUT2D eigenvalue weighted by atomic mass is 9.48. The van der Waals surface area contributed by atoms with Crippen LogP contribution in [0.3, 0.4) is 0 Å². The third-order valence-corrected chi connectivity index (χ3v) is 7.66. The van der Waals surface area contributed by atoms with Crippen molar-refractivity contribution in [3.8, 4) is 6.07 Å². The Balaban J connectivity index is 1.20. The van der Waals surface area contributed by atoms with Gasteiger partial charge in [-0.25, -0.2) is 9.78 Å². The van der Waals surface area contributed by atoms with Crippen LogP contribution in [0.4, 0.5) is 10.6 Å². The Hall–Kier alpha value is -2.82. The minimum absolute atomic E-state index is 0.0381. The van der Waals surface area contributed by atoms with Crippen LogP contribution < -0.4 is 11.1 Å². The van der Waals surface area contributed by atoms with E-state index in [-0.39, 0.29) is 41.4 Å². The zero-order valence-corrected chi connectivity index (χ0v) is 16.9. The monoisotopic (exact) mass is 409 g/mol. The molecular formula is C22H27N5O3. The van der Waals surface area contributed by atoms with E-state index >= 15 is 0 Å². The van der Waals surface area contributed by atoms with Crippen LogP contribution in [0.25, 0.3) is 0 Å². The van der Waals surface area contributed by atoms with Gasteiger partial charge in [-0.3, -0.25) is 4.79 Å². The van der Waals surface area contributed by atoms with E-state index in [1.165, 1.54) is 0 Å². The maximum absolute atomic E-state index is 12.9. The number of amides is 2. The molecule has 2 amide bonds. The second-order valence-corrected chi connectivity index (χ2v) is 9.55. The van der Waals surface area contributed by atoms with Gasteiger partial charge in [0.05, 0.1) is 11.0 Å². The van der Waals surface area contributed by atoms with Crippen LogP contribution in [-0.2, 0) is 9.53 Å². The summed E-state index contributed by atoms with van der Waals surface area (Å²) in [7, 11) is 0. The number of hydrogen-bond acceptors (Lipinski definition) is 6. The summed E-state index contributed by atoms with van der Waals surface area (Å²) in [6, 6.07) is 5.63. The first-order valence-corrected chi connectivity index (χ1v) is 10.8. The molecule has 5 aliphatic rings. The van der Waals surface area contributed by atoms with Crippen molar-refractivity contribution < 1.29 is 14.3 Å². The Morgan fingerprint density at radius 2 is 2.07 bits per heavy atom. The topological polar surface area (TPSA) is 121 Å². The number of pyridine rings is 1. The molecule has 158 valence electrons. The van der Waals surface area contributed by atoms with Gasteiger partial charge in [0.25, 0.3) is 0 Å². The lowest BCUT2D eigenvalue weighted by molar-refractivity contribution is -0.161. The van der Waals surface area contributed by atoms with Crippen LogP contribution in [0.1, 0.15) is 44.1 Å². The number of nitrogens with one attached hydrogen (secondary N) is 1. The summed E-state index contributed by atoms with van der Waals surface area (Å²) in [6.45, 7) is 1.14. The van der Waals surface area contributed by atoms with E-state index in [0.717, 1.165) is 38.5 Å². The minimum Gasteiger partial charge on any atom is -0.446 e. The number of carbonyl (C=O) groups is 2. The predicted molar refractivity (Wildman–Crippen MR) is 108 cm³/mol. The number of hydrogen-bond donors (Lipinski definition) is 2. The number of primary amides is 1. The first kappa shape index (κ1) is 19.2. The van der Waals surface area contributed by atoms with E-state index < -0.39 is 0 Å². The highest BCUT2D eigenvalue weighted by Crippen LogP contribution is 2.60. The van der Waals surface area contributed by atoms with Gasteiger partial charge in [0.1, 0.15) is 18.0 Å². The van der Waals surface area contributed by atoms with Gasteiger partial charge in [-0.05, 0) is 68.4 Å². The SMILES string of the molecule is N#Cc1cccnc1NC1CCN(C(=O)OC2C3CC4C[C@@H]2CC(C(N)=O)(C4)C3)C1. The molecule has 5 unspecified atom stereocenters. The van der Waals surface area contributed by atoms with Gasteiger partial charge in [0.15, 0.2) is 0 Å². The number of aromatic nitrogens is 1. The number of anilines is 1. The van der Waals surface area contributed by atoms with Crippen molar-refractivity contribution in [1.29, 1.82) is 5.26 Å². The number of carbonyl (C=O) groups excluding carboxylic acids is 2. The summed E-state index contributed by atoms with van der Waals surface area (Å²) >= 11 is 0. The highest BCUT2D eigenvalue weighted by Gasteiger charge is 2.59. The number of likely N-dealkylation sites (tertiary alicyclic amines) is 1. The van der Waals surface area contributed by atoms with E-state index in [1.54, 1.807) is 23.2 Å². The largest absolute Gasteiger partial charge is 0.446 e. The first-order valence-electron chi connectivity index (χ1n) is 10.8. The predicted octanol–water partition coefficient (Wildman–Crippen LogP) is 2.26. The fourth-order valence-electron chi connectivity index (χ4n) is 6.51. The molecule has 8 heteroatoms. The Bertz CT molecular complexity index is 896. The standard InChI is InChI=1S/C22H27N5O3/c23-11-14-2-1-4-25-19(14)26-17-3-5-27(12-17)21(29)30-18-15-6-13-7-16(18)10-22(8-13,9-15)20(24)28/h1-2,4,13,15-18H,3,5-10,12H2,(H2,24,28)(H,25,26)/t13?,15-,16?,17?,18?,22?/m1/s1. The molecule has 30 heavy (non-hydrogen) atoms. The Morgan fingerprint density at radius 1 is 1.30 bits per heavy atom. The molecule has 0 radical (unpaired) electrons. The highest BCUT2D eigenvalue weighted by atomic mass is 16.6. The summed E-state index contributed by atoms with van der Waals surface area (Å²) in [5, 5.41) is 12.5. The van der Waals surface area contributed by atoms with E-state index in [0.29, 0.717) is 30.4 Å². The average Bonchev–Trinajstić information content (AvgIpc) is 3.19. The number of nitrogens with zero attached hydrogens (tertiary/aromatic N) is 3. The quantitative estimate of drug-likeness (QED) is 0.787. The second kappa shape index (κ2) is 7.15. The van der Waals surface area contributed by atoms with Crippen LogP contribution in [0.15, 0.2) is 18.3 Å². The van der Waals surface area contributed by atoms with Gasteiger partial charge in [0, 0.05) is 25.3 Å². The van der Waals surface area contributed by atoms with E-state index in [4.69, 9.17) is 10.5 Å². The van der Waals surface area contributed by atoms with Crippen LogP contribution in [-0.4, -0.2) is 47.1 Å². The molecule has 2 heterocycles. The normalized spacial score (nSPS) is 36.4. The molecule has 1 aromatic heterocycles. The molecule has 8 nitrogen and oxygen atoms in total. The van der Waals surface area contributed by atoms with Gasteiger partial charge < -0.3 is 20.7 Å². The smallest absolute Gasteiger partial charge is 0.410 e. The van der Waals surface area contributed by atoms with Crippen LogP contribution in [0.5, 0.6) is 0 Å². The number of ether oxygens (including phenoxy) is 1. The molecule has 6 rings (SSSR count). The summed E-state index contributed by atoms with van der Waals surface area (Å²) in [5.74, 6) is 1.41. The van der Waals surface area contributed by atoms with Crippen molar-refractivity contribution >= 4 is 17.8 Å². The molecule has 1 aliphatic heterocycles. The summed E-state index contributed by atoms with van der Waals surface area (Å²) in [4.78, 5) is 31.0. The van der Waals surface area contributed by atoms with Gasteiger partial charge >= 0.3 is 6.09 Å². The highest BCUT2D eigenvalue weighted by molar-refractivity contribution is 5.81. The maximum atomic E-state index is 12.9. The molecule has 3 N–H and O–H groups in total. The van der Waals surface area contributed by atoms with E-state index in [2.05, 4.69) is 16.4 Å². The number of nitrogens with two attached hydrogens (primary N) is 1. The van der Waals surface area contributed by atoms with Gasteiger partial charge in [0.2, 0.25) is 5.91 Å². The van der Waals surface area contributed by atoms with Crippen molar-refractivity contribution in [2.24, 2.45) is 28.9 Å². The van der Waals surface area contributed by atoms with Crippen molar-refractivity contribution in [3.63, 3.8) is 0 Å². The average molecular weight is 409 g/mol. The fourth-order valence-corrected chi connectivity index (χ4v) is 6.51.